The molecule has 1 atom stereocenters. The Hall–Kier alpha value is -0.580. The second kappa shape index (κ2) is 4.96. The van der Waals surface area contributed by atoms with Gasteiger partial charge in [-0.1, -0.05) is 33.6 Å². The molecule has 0 saturated heterocycles. The first kappa shape index (κ1) is 14.5. The fraction of sp³-hybridized carbons (Fsp3) is 0.500. The largest absolute Gasteiger partial charge is 0.323 e. The standard InChI is InChI=1S/C12H13BrF4/c1-6-4-7(2)9(8(3)5-6)10(13)12(16,17)11(14)15/h4-5,10-11H,1-3H3. The highest BCUT2D eigenvalue weighted by atomic mass is 79.9. The molecule has 5 heteroatoms. The van der Waals surface area contributed by atoms with Crippen LogP contribution in [0.15, 0.2) is 12.1 Å². The van der Waals surface area contributed by atoms with Gasteiger partial charge in [-0.05, 0) is 37.5 Å². The van der Waals surface area contributed by atoms with Gasteiger partial charge >= 0.3 is 12.3 Å². The van der Waals surface area contributed by atoms with E-state index in [1.807, 2.05) is 6.92 Å². The molecule has 0 aromatic heterocycles. The van der Waals surface area contributed by atoms with Crippen molar-refractivity contribution in [1.29, 1.82) is 0 Å². The fourth-order valence-corrected chi connectivity index (χ4v) is 2.82. The number of aryl methyl sites for hydroxylation is 3. The number of alkyl halides is 5. The maximum Gasteiger partial charge on any atom is 0.323 e. The van der Waals surface area contributed by atoms with E-state index >= 15 is 0 Å². The maximum absolute atomic E-state index is 13.3. The molecule has 0 saturated carbocycles. The number of halogens is 5. The van der Waals surface area contributed by atoms with Gasteiger partial charge in [0.15, 0.2) is 0 Å². The summed E-state index contributed by atoms with van der Waals surface area (Å²) >= 11 is 2.70. The van der Waals surface area contributed by atoms with E-state index in [1.54, 1.807) is 26.0 Å². The zero-order chi connectivity index (χ0) is 13.4. The summed E-state index contributed by atoms with van der Waals surface area (Å²) in [7, 11) is 0. The normalized spacial score (nSPS) is 14.2. The topological polar surface area (TPSA) is 0 Å². The lowest BCUT2D eigenvalue weighted by Gasteiger charge is -2.24. The Kier molecular flexibility index (Phi) is 4.23. The molecule has 0 nitrogen and oxygen atoms in total. The average Bonchev–Trinajstić information content (AvgIpc) is 2.15. The summed E-state index contributed by atoms with van der Waals surface area (Å²) in [5.41, 5.74) is 2.33. The Morgan fingerprint density at radius 2 is 1.47 bits per heavy atom. The summed E-state index contributed by atoms with van der Waals surface area (Å²) in [6.07, 6.45) is -3.69. The van der Waals surface area contributed by atoms with E-state index in [0.717, 1.165) is 5.56 Å². The van der Waals surface area contributed by atoms with Crippen LogP contribution in [0.3, 0.4) is 0 Å². The van der Waals surface area contributed by atoms with Crippen LogP contribution in [0.1, 0.15) is 27.1 Å². The van der Waals surface area contributed by atoms with E-state index in [4.69, 9.17) is 0 Å². The van der Waals surface area contributed by atoms with Crippen LogP contribution in [0.2, 0.25) is 0 Å². The minimum absolute atomic E-state index is 0.237. The molecule has 0 radical (unpaired) electrons. The highest BCUT2D eigenvalue weighted by Gasteiger charge is 2.49. The molecule has 0 spiro atoms. The molecule has 0 N–H and O–H groups in total. The Labute approximate surface area is 106 Å². The number of hydrogen-bond acceptors (Lipinski definition) is 0. The fourth-order valence-electron chi connectivity index (χ4n) is 1.89. The van der Waals surface area contributed by atoms with Crippen LogP contribution in [0.25, 0.3) is 0 Å². The lowest BCUT2D eigenvalue weighted by atomic mass is 9.95. The van der Waals surface area contributed by atoms with Crippen LogP contribution in [0, 0.1) is 20.8 Å². The van der Waals surface area contributed by atoms with E-state index in [0.29, 0.717) is 11.1 Å². The predicted octanol–water partition coefficient (Wildman–Crippen LogP) is 4.95. The monoisotopic (exact) mass is 312 g/mol. The molecule has 1 aromatic carbocycles. The molecule has 1 unspecified atom stereocenters. The summed E-state index contributed by atoms with van der Waals surface area (Å²) in [4.78, 5) is -1.67. The minimum atomic E-state index is -4.08. The third-order valence-electron chi connectivity index (χ3n) is 2.62. The van der Waals surface area contributed by atoms with Gasteiger partial charge in [-0.15, -0.1) is 0 Å². The first-order chi connectivity index (χ1) is 7.67. The second-order valence-electron chi connectivity index (χ2n) is 4.15. The summed E-state index contributed by atoms with van der Waals surface area (Å²) < 4.78 is 51.2. The zero-order valence-corrected chi connectivity index (χ0v) is 11.3. The molecule has 1 aromatic rings. The third-order valence-corrected chi connectivity index (χ3v) is 3.69. The number of benzene rings is 1. The third kappa shape index (κ3) is 2.81. The molecule has 0 aliphatic heterocycles. The van der Waals surface area contributed by atoms with Crippen LogP contribution in [0.4, 0.5) is 17.6 Å². The Morgan fingerprint density at radius 1 is 1.06 bits per heavy atom. The summed E-state index contributed by atoms with van der Waals surface area (Å²) in [6.45, 7) is 5.12. The molecule has 0 aliphatic carbocycles. The van der Waals surface area contributed by atoms with E-state index in [1.165, 1.54) is 0 Å². The molecule has 0 amide bonds. The van der Waals surface area contributed by atoms with E-state index < -0.39 is 17.2 Å². The van der Waals surface area contributed by atoms with E-state index in [-0.39, 0.29) is 5.56 Å². The van der Waals surface area contributed by atoms with Gasteiger partial charge in [-0.25, -0.2) is 8.78 Å². The molecule has 0 aliphatic rings. The van der Waals surface area contributed by atoms with Crippen molar-refractivity contribution >= 4 is 15.9 Å². The SMILES string of the molecule is Cc1cc(C)c(C(Br)C(F)(F)C(F)F)c(C)c1. The van der Waals surface area contributed by atoms with Crippen LogP contribution in [0.5, 0.6) is 0 Å². The van der Waals surface area contributed by atoms with Crippen molar-refractivity contribution < 1.29 is 17.6 Å². The van der Waals surface area contributed by atoms with Crippen LogP contribution in [-0.4, -0.2) is 12.3 Å². The van der Waals surface area contributed by atoms with Crippen molar-refractivity contribution in [3.8, 4) is 0 Å². The average molecular weight is 313 g/mol. The first-order valence-electron chi connectivity index (χ1n) is 5.05. The zero-order valence-electron chi connectivity index (χ0n) is 9.70. The summed E-state index contributed by atoms with van der Waals surface area (Å²) in [5, 5.41) is 0. The van der Waals surface area contributed by atoms with E-state index in [2.05, 4.69) is 15.9 Å². The van der Waals surface area contributed by atoms with Crippen molar-refractivity contribution in [2.45, 2.75) is 37.9 Å². The lowest BCUT2D eigenvalue weighted by Crippen LogP contribution is -2.32. The van der Waals surface area contributed by atoms with Crippen LogP contribution >= 0.6 is 15.9 Å². The minimum Gasteiger partial charge on any atom is -0.204 e. The second-order valence-corrected chi connectivity index (χ2v) is 5.07. The smallest absolute Gasteiger partial charge is 0.204 e. The van der Waals surface area contributed by atoms with Gasteiger partial charge in [-0.3, -0.25) is 0 Å². The highest BCUT2D eigenvalue weighted by molar-refractivity contribution is 9.09. The number of hydrogen-bond donors (Lipinski definition) is 0. The van der Waals surface area contributed by atoms with Gasteiger partial charge < -0.3 is 0 Å². The molecule has 0 fully saturated rings. The molecular weight excluding hydrogens is 300 g/mol. The van der Waals surface area contributed by atoms with Crippen molar-refractivity contribution in [2.24, 2.45) is 0 Å². The first-order valence-corrected chi connectivity index (χ1v) is 5.97. The van der Waals surface area contributed by atoms with Crippen molar-refractivity contribution in [1.82, 2.24) is 0 Å². The molecular formula is C12H13BrF4. The van der Waals surface area contributed by atoms with Gasteiger partial charge in [0.25, 0.3) is 0 Å². The van der Waals surface area contributed by atoms with Gasteiger partial charge in [0.05, 0.1) is 0 Å². The predicted molar refractivity (Wildman–Crippen MR) is 63.3 cm³/mol. The molecule has 0 heterocycles. The Balaban J connectivity index is 3.26. The molecule has 0 bridgehead atoms. The van der Waals surface area contributed by atoms with Crippen molar-refractivity contribution in [2.75, 3.05) is 0 Å². The van der Waals surface area contributed by atoms with Gasteiger partial charge in [0, 0.05) is 0 Å². The van der Waals surface area contributed by atoms with Crippen molar-refractivity contribution in [3.05, 3.63) is 34.4 Å². The molecule has 96 valence electrons. The van der Waals surface area contributed by atoms with Gasteiger partial charge in [0.2, 0.25) is 0 Å². The van der Waals surface area contributed by atoms with E-state index in [9.17, 15) is 17.6 Å². The molecule has 17 heavy (non-hydrogen) atoms. The van der Waals surface area contributed by atoms with Gasteiger partial charge in [-0.2, -0.15) is 8.78 Å². The highest BCUT2D eigenvalue weighted by Crippen LogP contribution is 2.44. The maximum atomic E-state index is 13.3. The Bertz CT molecular complexity index is 392. The van der Waals surface area contributed by atoms with Gasteiger partial charge in [0.1, 0.15) is 4.83 Å². The lowest BCUT2D eigenvalue weighted by molar-refractivity contribution is -0.128. The number of rotatable bonds is 3. The van der Waals surface area contributed by atoms with Crippen LogP contribution < -0.4 is 0 Å². The quantitative estimate of drug-likeness (QED) is 0.547. The summed E-state index contributed by atoms with van der Waals surface area (Å²) in [5.74, 6) is -4.08. The summed E-state index contributed by atoms with van der Waals surface area (Å²) in [6, 6.07) is 3.41. The molecule has 1 rings (SSSR count). The Morgan fingerprint density at radius 3 is 1.82 bits per heavy atom. The van der Waals surface area contributed by atoms with Crippen LogP contribution in [-0.2, 0) is 0 Å². The van der Waals surface area contributed by atoms with Crippen molar-refractivity contribution in [3.63, 3.8) is 0 Å².